The van der Waals surface area contributed by atoms with E-state index in [9.17, 15) is 14.4 Å². The summed E-state index contributed by atoms with van der Waals surface area (Å²) in [6.07, 6.45) is 2.45. The van der Waals surface area contributed by atoms with Gasteiger partial charge in [-0.3, -0.25) is 19.3 Å². The van der Waals surface area contributed by atoms with Crippen LogP contribution in [-0.4, -0.2) is 73.6 Å². The fraction of sp³-hybridized carbons (Fsp3) is 0.400. The molecule has 1 amide bonds. The van der Waals surface area contributed by atoms with Gasteiger partial charge in [-0.15, -0.1) is 0 Å². The van der Waals surface area contributed by atoms with Gasteiger partial charge in [-0.25, -0.2) is 0 Å². The number of piperidine rings is 3. The molecular formula is C35H38N2O6. The highest BCUT2D eigenvalue weighted by atomic mass is 16.5. The third kappa shape index (κ3) is 6.75. The predicted molar refractivity (Wildman–Crippen MR) is 161 cm³/mol. The predicted octanol–water partition coefficient (Wildman–Crippen LogP) is 4.67. The van der Waals surface area contributed by atoms with Gasteiger partial charge in [0.25, 0.3) is 5.91 Å². The number of rotatable bonds is 10. The molecule has 0 spiro atoms. The van der Waals surface area contributed by atoms with Crippen molar-refractivity contribution in [2.24, 2.45) is 11.8 Å². The largest absolute Gasteiger partial charge is 0.489 e. The van der Waals surface area contributed by atoms with Gasteiger partial charge in [0.05, 0.1) is 19.4 Å². The second-order valence-corrected chi connectivity index (χ2v) is 11.8. The lowest BCUT2D eigenvalue weighted by Gasteiger charge is -2.44. The lowest BCUT2D eigenvalue weighted by Crippen LogP contribution is -2.53. The molecule has 8 heteroatoms. The molecule has 0 aliphatic carbocycles. The van der Waals surface area contributed by atoms with E-state index >= 15 is 0 Å². The molecule has 0 radical (unpaired) electrons. The number of nitrogens with zero attached hydrogens (tertiary/aromatic N) is 2. The van der Waals surface area contributed by atoms with E-state index in [1.807, 2.05) is 72.8 Å². The van der Waals surface area contributed by atoms with Crippen molar-refractivity contribution in [3.63, 3.8) is 0 Å². The Morgan fingerprint density at radius 1 is 0.860 bits per heavy atom. The summed E-state index contributed by atoms with van der Waals surface area (Å²) in [6, 6.07) is 25.3. The summed E-state index contributed by atoms with van der Waals surface area (Å²) in [5.41, 5.74) is 3.46. The van der Waals surface area contributed by atoms with E-state index in [4.69, 9.17) is 14.2 Å². The molecular weight excluding hydrogens is 544 g/mol. The zero-order valence-electron chi connectivity index (χ0n) is 24.5. The Balaban J connectivity index is 1.11. The Bertz CT molecular complexity index is 1450. The van der Waals surface area contributed by atoms with Crippen LogP contribution in [0.5, 0.6) is 5.75 Å². The second-order valence-electron chi connectivity index (χ2n) is 11.8. The summed E-state index contributed by atoms with van der Waals surface area (Å²) in [5.74, 6) is 0.177. The van der Waals surface area contributed by atoms with E-state index in [2.05, 4.69) is 4.90 Å². The van der Waals surface area contributed by atoms with Crippen molar-refractivity contribution < 1.29 is 28.6 Å². The molecule has 0 unspecified atom stereocenters. The van der Waals surface area contributed by atoms with Crippen molar-refractivity contribution in [3.05, 3.63) is 101 Å². The molecule has 4 heterocycles. The van der Waals surface area contributed by atoms with Crippen LogP contribution in [0.3, 0.4) is 0 Å². The molecule has 0 saturated carbocycles. The highest BCUT2D eigenvalue weighted by Crippen LogP contribution is 2.33. The lowest BCUT2D eigenvalue weighted by molar-refractivity contribution is -0.159. The Hall–Kier alpha value is -4.17. The molecule has 0 N–H and O–H groups in total. The number of carbonyl (C=O) groups is 3. The van der Waals surface area contributed by atoms with Crippen molar-refractivity contribution in [1.82, 2.24) is 9.80 Å². The van der Waals surface area contributed by atoms with E-state index in [0.717, 1.165) is 49.2 Å². The lowest BCUT2D eigenvalue weighted by atomic mass is 9.85. The normalized spacial score (nSPS) is 21.9. The Morgan fingerprint density at radius 2 is 1.60 bits per heavy atom. The molecule has 224 valence electrons. The van der Waals surface area contributed by atoms with Gasteiger partial charge in [-0.1, -0.05) is 54.6 Å². The molecule has 4 aliphatic rings. The zero-order chi connectivity index (χ0) is 29.8. The minimum atomic E-state index is -0.283. The smallest absolute Gasteiger partial charge is 0.312 e. The maximum absolute atomic E-state index is 13.2. The van der Waals surface area contributed by atoms with Crippen LogP contribution in [0.1, 0.15) is 52.2 Å². The Morgan fingerprint density at radius 3 is 2.33 bits per heavy atom. The topological polar surface area (TPSA) is 85.4 Å². The molecule has 4 aliphatic heterocycles. The molecule has 2 bridgehead atoms. The van der Waals surface area contributed by atoms with Gasteiger partial charge in [0, 0.05) is 31.1 Å². The average Bonchev–Trinajstić information content (AvgIpc) is 3.03. The second kappa shape index (κ2) is 13.0. The number of fused-ring (bicyclic) bond motifs is 3. The van der Waals surface area contributed by atoms with Crippen LogP contribution in [0.2, 0.25) is 0 Å². The maximum atomic E-state index is 13.2. The molecule has 2 atom stereocenters. The van der Waals surface area contributed by atoms with Crippen molar-refractivity contribution in [2.75, 3.05) is 39.8 Å². The average molecular weight is 583 g/mol. The zero-order valence-corrected chi connectivity index (χ0v) is 24.5. The molecule has 4 fully saturated rings. The highest BCUT2D eigenvalue weighted by molar-refractivity contribution is 5.95. The minimum absolute atomic E-state index is 0.0147. The number of benzene rings is 3. The molecule has 43 heavy (non-hydrogen) atoms. The first-order chi connectivity index (χ1) is 21.0. The van der Waals surface area contributed by atoms with Crippen molar-refractivity contribution >= 4 is 17.8 Å². The van der Waals surface area contributed by atoms with E-state index in [-0.39, 0.29) is 48.8 Å². The molecule has 0 aromatic heterocycles. The summed E-state index contributed by atoms with van der Waals surface area (Å²) in [5, 5.41) is 0. The van der Waals surface area contributed by atoms with Gasteiger partial charge in [0.2, 0.25) is 0 Å². The highest BCUT2D eigenvalue weighted by Gasteiger charge is 2.38. The molecule has 3 aromatic carbocycles. The number of amides is 1. The molecule has 3 aromatic rings. The van der Waals surface area contributed by atoms with E-state index in [0.29, 0.717) is 30.3 Å². The van der Waals surface area contributed by atoms with Crippen LogP contribution >= 0.6 is 0 Å². The van der Waals surface area contributed by atoms with Crippen LogP contribution in [0, 0.1) is 11.8 Å². The van der Waals surface area contributed by atoms with Crippen LogP contribution in [0.15, 0.2) is 78.9 Å². The number of hydrogen-bond donors (Lipinski definition) is 0. The van der Waals surface area contributed by atoms with Gasteiger partial charge in [0.15, 0.2) is 0 Å². The molecule has 8 nitrogen and oxygen atoms in total. The number of esters is 2. The van der Waals surface area contributed by atoms with Crippen molar-refractivity contribution in [3.8, 4) is 5.75 Å². The molecule has 7 rings (SSSR count). The summed E-state index contributed by atoms with van der Waals surface area (Å²) in [4.78, 5) is 41.9. The van der Waals surface area contributed by atoms with Crippen LogP contribution in [0.25, 0.3) is 0 Å². The van der Waals surface area contributed by atoms with E-state index < -0.39 is 0 Å². The van der Waals surface area contributed by atoms with Gasteiger partial charge < -0.3 is 19.1 Å². The van der Waals surface area contributed by atoms with Crippen molar-refractivity contribution in [2.45, 2.75) is 37.9 Å². The fourth-order valence-electron chi connectivity index (χ4n) is 6.47. The van der Waals surface area contributed by atoms with Gasteiger partial charge in [-0.05, 0) is 72.8 Å². The quantitative estimate of drug-likeness (QED) is 0.321. The number of hydrogen-bond acceptors (Lipinski definition) is 7. The Labute approximate surface area is 252 Å². The third-order valence-electron chi connectivity index (χ3n) is 8.99. The molecule has 4 saturated heterocycles. The number of methoxy groups -OCH3 is 1. The van der Waals surface area contributed by atoms with Gasteiger partial charge in [0.1, 0.15) is 18.5 Å². The van der Waals surface area contributed by atoms with Gasteiger partial charge in [-0.2, -0.15) is 0 Å². The standard InChI is InChI=1S/C35H38N2O6/c1-41-35(40)29-20-37(21-29)34(39)28-11-5-7-24(17-28)23-42-30-12-6-10-27(18-30)31(25-8-3-2-4-9-25)19-33(38)43-32-22-36-15-13-26(32)14-16-36/h2-12,17-18,26,29,31-32H,13-16,19-23H2,1H3/t31-,32-/m0/s1. The van der Waals surface area contributed by atoms with E-state index in [1.54, 1.807) is 11.0 Å². The monoisotopic (exact) mass is 582 g/mol. The maximum Gasteiger partial charge on any atom is 0.312 e. The van der Waals surface area contributed by atoms with Crippen LogP contribution < -0.4 is 4.74 Å². The van der Waals surface area contributed by atoms with Crippen LogP contribution in [-0.2, 0) is 25.7 Å². The van der Waals surface area contributed by atoms with E-state index in [1.165, 1.54) is 7.11 Å². The number of ether oxygens (including phenoxy) is 3. The summed E-state index contributed by atoms with van der Waals surface area (Å²) >= 11 is 0. The summed E-state index contributed by atoms with van der Waals surface area (Å²) in [6.45, 7) is 4.08. The minimum Gasteiger partial charge on any atom is -0.489 e. The van der Waals surface area contributed by atoms with Crippen molar-refractivity contribution in [1.29, 1.82) is 0 Å². The summed E-state index contributed by atoms with van der Waals surface area (Å²) in [7, 11) is 1.36. The van der Waals surface area contributed by atoms with Gasteiger partial charge >= 0.3 is 11.9 Å². The third-order valence-corrected chi connectivity index (χ3v) is 8.99. The van der Waals surface area contributed by atoms with Crippen LogP contribution in [0.4, 0.5) is 0 Å². The number of likely N-dealkylation sites (tertiary alicyclic amines) is 1. The SMILES string of the molecule is COC(=O)C1CN(C(=O)c2cccc(COc3cccc([C@@H](CC(=O)O[C@H]4CN5CCC4CC5)c4ccccc4)c3)c2)C1. The Kier molecular flexibility index (Phi) is 8.74. The first-order valence-electron chi connectivity index (χ1n) is 15.1. The first kappa shape index (κ1) is 28.9. The number of carbonyl (C=O) groups excluding carboxylic acids is 3. The summed E-state index contributed by atoms with van der Waals surface area (Å²) < 4.78 is 17.0. The first-order valence-corrected chi connectivity index (χ1v) is 15.1. The fourth-order valence-corrected chi connectivity index (χ4v) is 6.47.